The molecule has 0 saturated carbocycles. The molecule has 4 rings (SSSR count). The monoisotopic (exact) mass is 471 g/mol. The molecular formula is C24H29N3O3S2. The van der Waals surface area contributed by atoms with E-state index in [-0.39, 0.29) is 10.8 Å². The number of hydrogen-bond donors (Lipinski definition) is 0. The van der Waals surface area contributed by atoms with Crippen molar-refractivity contribution in [3.63, 3.8) is 0 Å². The summed E-state index contributed by atoms with van der Waals surface area (Å²) in [5.74, 6) is 0.362. The quantitative estimate of drug-likeness (QED) is 0.595. The van der Waals surface area contributed by atoms with Gasteiger partial charge in [0.15, 0.2) is 0 Å². The van der Waals surface area contributed by atoms with Gasteiger partial charge >= 0.3 is 0 Å². The summed E-state index contributed by atoms with van der Waals surface area (Å²) in [6.45, 7) is 2.47. The molecule has 3 heterocycles. The first kappa shape index (κ1) is 23.0. The Balaban J connectivity index is 1.30. The summed E-state index contributed by atoms with van der Waals surface area (Å²) in [6.07, 6.45) is 8.36. The number of benzene rings is 1. The van der Waals surface area contributed by atoms with E-state index in [9.17, 15) is 13.2 Å². The Bertz CT molecular complexity index is 1050. The van der Waals surface area contributed by atoms with Crippen molar-refractivity contribution in [3.8, 4) is 0 Å². The molecule has 2 aromatic rings. The number of pyridine rings is 1. The number of sulfonamides is 1. The van der Waals surface area contributed by atoms with Gasteiger partial charge in [0.25, 0.3) is 0 Å². The van der Waals surface area contributed by atoms with Gasteiger partial charge in [-0.15, -0.1) is 0 Å². The van der Waals surface area contributed by atoms with Crippen LogP contribution in [0, 0.1) is 0 Å². The fourth-order valence-electron chi connectivity index (χ4n) is 4.07. The van der Waals surface area contributed by atoms with Crippen LogP contribution in [-0.4, -0.2) is 60.4 Å². The van der Waals surface area contributed by atoms with E-state index in [4.69, 9.17) is 0 Å². The Morgan fingerprint density at radius 3 is 2.34 bits per heavy atom. The molecule has 0 unspecified atom stereocenters. The predicted molar refractivity (Wildman–Crippen MR) is 128 cm³/mol. The second-order valence-electron chi connectivity index (χ2n) is 8.12. The van der Waals surface area contributed by atoms with Gasteiger partial charge in [0, 0.05) is 32.4 Å². The van der Waals surface area contributed by atoms with E-state index in [0.717, 1.165) is 32.1 Å². The Morgan fingerprint density at radius 2 is 1.72 bits per heavy atom. The van der Waals surface area contributed by atoms with Crippen molar-refractivity contribution >= 4 is 33.3 Å². The lowest BCUT2D eigenvalue weighted by atomic mass is 10.00. The van der Waals surface area contributed by atoms with Gasteiger partial charge in [0.05, 0.1) is 10.8 Å². The van der Waals surface area contributed by atoms with Gasteiger partial charge in [-0.2, -0.15) is 4.31 Å². The van der Waals surface area contributed by atoms with Crippen molar-refractivity contribution in [1.82, 2.24) is 14.2 Å². The van der Waals surface area contributed by atoms with Gasteiger partial charge in [-0.05, 0) is 42.5 Å². The van der Waals surface area contributed by atoms with Crippen LogP contribution in [0.2, 0.25) is 0 Å². The molecule has 0 bridgehead atoms. The van der Waals surface area contributed by atoms with E-state index in [0.29, 0.717) is 37.0 Å². The summed E-state index contributed by atoms with van der Waals surface area (Å²) in [5.41, 5.74) is 2.50. The zero-order chi connectivity index (χ0) is 22.4. The second kappa shape index (κ2) is 10.6. The SMILES string of the molecule is O=C(CSc1ccc(S(=O)(=O)N2CCCCCC2)cn1)N1CC=C(c2ccccc2)CC1. The smallest absolute Gasteiger partial charge is 0.244 e. The average molecular weight is 472 g/mol. The van der Waals surface area contributed by atoms with Gasteiger partial charge in [0.2, 0.25) is 15.9 Å². The van der Waals surface area contributed by atoms with Gasteiger partial charge < -0.3 is 4.90 Å². The minimum Gasteiger partial charge on any atom is -0.338 e. The Labute approximate surface area is 194 Å². The number of carbonyl (C=O) groups is 1. The van der Waals surface area contributed by atoms with Gasteiger partial charge in [0.1, 0.15) is 4.90 Å². The molecular weight excluding hydrogens is 442 g/mol. The van der Waals surface area contributed by atoms with Crippen molar-refractivity contribution in [1.29, 1.82) is 0 Å². The van der Waals surface area contributed by atoms with Crippen molar-refractivity contribution in [2.45, 2.75) is 42.0 Å². The maximum atomic E-state index is 12.9. The van der Waals surface area contributed by atoms with Crippen molar-refractivity contribution in [3.05, 3.63) is 60.3 Å². The number of carbonyl (C=O) groups excluding carboxylic acids is 1. The van der Waals surface area contributed by atoms with E-state index < -0.39 is 10.0 Å². The van der Waals surface area contributed by atoms with E-state index in [1.165, 1.54) is 29.1 Å². The molecule has 170 valence electrons. The zero-order valence-electron chi connectivity index (χ0n) is 18.2. The molecule has 1 aromatic heterocycles. The standard InChI is InChI=1S/C24H29N3O3S2/c28-24(26-16-12-21(13-17-26)20-8-4-3-5-9-20)19-31-23-11-10-22(18-25-23)32(29,30)27-14-6-1-2-7-15-27/h3-5,8-12,18H,1-2,6-7,13-17,19H2. The normalized spacial score (nSPS) is 18.1. The van der Waals surface area contributed by atoms with Crippen LogP contribution in [0.1, 0.15) is 37.7 Å². The first-order valence-electron chi connectivity index (χ1n) is 11.2. The average Bonchev–Trinajstić information content (AvgIpc) is 3.14. The van der Waals surface area contributed by atoms with Crippen LogP contribution in [0.4, 0.5) is 0 Å². The second-order valence-corrected chi connectivity index (χ2v) is 11.1. The molecule has 0 atom stereocenters. The fraction of sp³-hybridized carbons (Fsp3) is 0.417. The van der Waals surface area contributed by atoms with Gasteiger partial charge in [-0.1, -0.05) is 61.0 Å². The summed E-state index contributed by atoms with van der Waals surface area (Å²) in [6, 6.07) is 13.6. The summed E-state index contributed by atoms with van der Waals surface area (Å²) in [5, 5.41) is 0.658. The number of hydrogen-bond acceptors (Lipinski definition) is 5. The Kier molecular flexibility index (Phi) is 7.65. The van der Waals surface area contributed by atoms with Crippen LogP contribution in [-0.2, 0) is 14.8 Å². The van der Waals surface area contributed by atoms with E-state index in [1.807, 2.05) is 23.1 Å². The topological polar surface area (TPSA) is 70.6 Å². The van der Waals surface area contributed by atoms with E-state index in [1.54, 1.807) is 16.4 Å². The number of nitrogens with zero attached hydrogens (tertiary/aromatic N) is 3. The summed E-state index contributed by atoms with van der Waals surface area (Å²) < 4.78 is 27.3. The molecule has 32 heavy (non-hydrogen) atoms. The van der Waals surface area contributed by atoms with E-state index in [2.05, 4.69) is 23.2 Å². The Hall–Kier alpha value is -2.16. The van der Waals surface area contributed by atoms with Crippen LogP contribution < -0.4 is 0 Å². The highest BCUT2D eigenvalue weighted by Gasteiger charge is 2.25. The molecule has 8 heteroatoms. The number of rotatable bonds is 6. The first-order valence-corrected chi connectivity index (χ1v) is 13.6. The molecule has 0 N–H and O–H groups in total. The third-order valence-corrected chi connectivity index (χ3v) is 8.77. The van der Waals surface area contributed by atoms with E-state index >= 15 is 0 Å². The lowest BCUT2D eigenvalue weighted by molar-refractivity contribution is -0.127. The number of aromatic nitrogens is 1. The molecule has 1 aromatic carbocycles. The molecule has 1 fully saturated rings. The van der Waals surface area contributed by atoms with Gasteiger partial charge in [-0.3, -0.25) is 4.79 Å². The molecule has 0 spiro atoms. The van der Waals surface area contributed by atoms with Crippen LogP contribution in [0.15, 0.2) is 64.7 Å². The van der Waals surface area contributed by atoms with Crippen LogP contribution in [0.25, 0.3) is 5.57 Å². The molecule has 6 nitrogen and oxygen atoms in total. The number of thioether (sulfide) groups is 1. The van der Waals surface area contributed by atoms with Gasteiger partial charge in [-0.25, -0.2) is 13.4 Å². The predicted octanol–water partition coefficient (Wildman–Crippen LogP) is 4.05. The highest BCUT2D eigenvalue weighted by Crippen LogP contribution is 2.25. The highest BCUT2D eigenvalue weighted by atomic mass is 32.2. The maximum Gasteiger partial charge on any atom is 0.244 e. The molecule has 2 aliphatic rings. The molecule has 0 radical (unpaired) electrons. The minimum absolute atomic E-state index is 0.0708. The minimum atomic E-state index is -3.50. The Morgan fingerprint density at radius 1 is 0.969 bits per heavy atom. The summed E-state index contributed by atoms with van der Waals surface area (Å²) in [4.78, 5) is 19.0. The lowest BCUT2D eigenvalue weighted by Gasteiger charge is -2.26. The third kappa shape index (κ3) is 5.60. The van der Waals surface area contributed by atoms with Crippen molar-refractivity contribution in [2.24, 2.45) is 0 Å². The van der Waals surface area contributed by atoms with Crippen molar-refractivity contribution in [2.75, 3.05) is 31.9 Å². The number of amides is 1. The highest BCUT2D eigenvalue weighted by molar-refractivity contribution is 7.99. The largest absolute Gasteiger partial charge is 0.338 e. The zero-order valence-corrected chi connectivity index (χ0v) is 19.8. The van der Waals surface area contributed by atoms with Crippen LogP contribution >= 0.6 is 11.8 Å². The molecule has 1 amide bonds. The van der Waals surface area contributed by atoms with Crippen molar-refractivity contribution < 1.29 is 13.2 Å². The molecule has 2 aliphatic heterocycles. The first-order chi connectivity index (χ1) is 15.5. The molecule has 1 saturated heterocycles. The van der Waals surface area contributed by atoms with Crippen LogP contribution in [0.5, 0.6) is 0 Å². The third-order valence-electron chi connectivity index (χ3n) is 5.96. The maximum absolute atomic E-state index is 12.9. The fourth-order valence-corrected chi connectivity index (χ4v) is 6.28. The van der Waals surface area contributed by atoms with Crippen LogP contribution in [0.3, 0.4) is 0 Å². The summed E-state index contributed by atoms with van der Waals surface area (Å²) in [7, 11) is -3.50. The molecule has 0 aliphatic carbocycles. The summed E-state index contributed by atoms with van der Waals surface area (Å²) >= 11 is 1.35. The lowest BCUT2D eigenvalue weighted by Crippen LogP contribution is -2.35.